The number of carbonyl (C=O) groups excluding carboxylic acids is 1. The fraction of sp³-hybridized carbons (Fsp3) is 0.500. The third-order valence-electron chi connectivity index (χ3n) is 3.20. The van der Waals surface area contributed by atoms with Crippen LogP contribution >= 0.6 is 27.5 Å². The highest BCUT2D eigenvalue weighted by Crippen LogP contribution is 2.20. The van der Waals surface area contributed by atoms with Crippen molar-refractivity contribution in [1.82, 2.24) is 4.90 Å². The van der Waals surface area contributed by atoms with Crippen LogP contribution in [0.2, 0.25) is 0 Å². The third kappa shape index (κ3) is 3.50. The molecule has 3 nitrogen and oxygen atoms in total. The van der Waals surface area contributed by atoms with Crippen LogP contribution in [0.5, 0.6) is 0 Å². The number of ether oxygens (including phenoxy) is 1. The Hall–Kier alpha value is -0.580. The molecule has 1 fully saturated rings. The van der Waals surface area contributed by atoms with Gasteiger partial charge in [-0.15, -0.1) is 11.6 Å². The maximum atomic E-state index is 12.5. The van der Waals surface area contributed by atoms with Gasteiger partial charge in [0.25, 0.3) is 5.91 Å². The van der Waals surface area contributed by atoms with Gasteiger partial charge in [-0.2, -0.15) is 0 Å². The Kier molecular flexibility index (Phi) is 4.87. The van der Waals surface area contributed by atoms with Crippen LogP contribution in [0.3, 0.4) is 0 Å². The van der Waals surface area contributed by atoms with Gasteiger partial charge in [0.2, 0.25) is 0 Å². The van der Waals surface area contributed by atoms with Gasteiger partial charge in [-0.05, 0) is 31.5 Å². The van der Waals surface area contributed by atoms with Crippen LogP contribution in [-0.4, -0.2) is 42.0 Å². The Morgan fingerprint density at radius 1 is 1.53 bits per heavy atom. The number of aryl methyl sites for hydroxylation is 1. The van der Waals surface area contributed by atoms with Crippen LogP contribution in [0.15, 0.2) is 22.7 Å². The second-order valence-corrected chi connectivity index (χ2v) is 6.06. The number of halogens is 2. The van der Waals surface area contributed by atoms with Gasteiger partial charge in [-0.25, -0.2) is 0 Å². The molecule has 0 spiro atoms. The summed E-state index contributed by atoms with van der Waals surface area (Å²) in [5.41, 5.74) is 1.81. The zero-order chi connectivity index (χ0) is 14.0. The lowest BCUT2D eigenvalue weighted by atomic mass is 10.1. The summed E-state index contributed by atoms with van der Waals surface area (Å²) in [6, 6.07) is 5.67. The molecule has 104 valence electrons. The Morgan fingerprint density at radius 2 is 2.26 bits per heavy atom. The number of carbonyl (C=O) groups is 1. The molecule has 2 unspecified atom stereocenters. The Morgan fingerprint density at radius 3 is 2.89 bits per heavy atom. The lowest BCUT2D eigenvalue weighted by Gasteiger charge is -2.36. The zero-order valence-electron chi connectivity index (χ0n) is 11.0. The van der Waals surface area contributed by atoms with Crippen molar-refractivity contribution in [1.29, 1.82) is 0 Å². The van der Waals surface area contributed by atoms with Crippen molar-refractivity contribution in [2.75, 3.05) is 19.0 Å². The summed E-state index contributed by atoms with van der Waals surface area (Å²) in [5, 5.41) is 0. The van der Waals surface area contributed by atoms with Crippen molar-refractivity contribution in [2.24, 2.45) is 0 Å². The van der Waals surface area contributed by atoms with E-state index in [1.807, 2.05) is 36.9 Å². The van der Waals surface area contributed by atoms with E-state index in [-0.39, 0.29) is 18.1 Å². The molecule has 0 saturated carbocycles. The van der Waals surface area contributed by atoms with E-state index in [2.05, 4.69) is 15.9 Å². The molecule has 0 aromatic heterocycles. The third-order valence-corrected chi connectivity index (χ3v) is 4.40. The summed E-state index contributed by atoms with van der Waals surface area (Å²) >= 11 is 9.30. The molecule has 1 heterocycles. The molecular weight excluding hydrogens is 330 g/mol. The van der Waals surface area contributed by atoms with Gasteiger partial charge in [0.05, 0.1) is 18.1 Å². The molecule has 1 aliphatic rings. The van der Waals surface area contributed by atoms with Gasteiger partial charge >= 0.3 is 0 Å². The van der Waals surface area contributed by atoms with Gasteiger partial charge in [0.15, 0.2) is 0 Å². The molecule has 0 bridgehead atoms. The topological polar surface area (TPSA) is 29.5 Å². The van der Waals surface area contributed by atoms with Gasteiger partial charge < -0.3 is 9.64 Å². The zero-order valence-corrected chi connectivity index (χ0v) is 13.4. The minimum Gasteiger partial charge on any atom is -0.370 e. The van der Waals surface area contributed by atoms with Crippen LogP contribution in [-0.2, 0) is 4.74 Å². The molecular formula is C14H17BrClNO2. The lowest BCUT2D eigenvalue weighted by Crippen LogP contribution is -2.49. The summed E-state index contributed by atoms with van der Waals surface area (Å²) in [5.74, 6) is 0.442. The van der Waals surface area contributed by atoms with Crippen molar-refractivity contribution >= 4 is 33.4 Å². The average Bonchev–Trinajstić information content (AvgIpc) is 2.40. The van der Waals surface area contributed by atoms with Crippen molar-refractivity contribution in [3.63, 3.8) is 0 Å². The number of alkyl halides is 1. The van der Waals surface area contributed by atoms with E-state index in [1.54, 1.807) is 0 Å². The molecule has 2 rings (SSSR count). The van der Waals surface area contributed by atoms with Crippen LogP contribution in [0.4, 0.5) is 0 Å². The molecule has 0 radical (unpaired) electrons. The molecule has 1 aromatic rings. The molecule has 2 atom stereocenters. The summed E-state index contributed by atoms with van der Waals surface area (Å²) in [7, 11) is 0. The second kappa shape index (κ2) is 6.25. The monoisotopic (exact) mass is 345 g/mol. The molecule has 1 saturated heterocycles. The number of morpholine rings is 1. The number of benzene rings is 1. The quantitative estimate of drug-likeness (QED) is 0.770. The summed E-state index contributed by atoms with van der Waals surface area (Å²) in [4.78, 5) is 14.3. The largest absolute Gasteiger partial charge is 0.370 e. The average molecular weight is 347 g/mol. The fourth-order valence-corrected chi connectivity index (χ4v) is 2.75. The number of hydrogen-bond acceptors (Lipinski definition) is 2. The number of amides is 1. The SMILES string of the molecule is Cc1ccc(C(=O)N2CC(C)OC(CCl)C2)cc1Br. The standard InChI is InChI=1S/C14H17BrClNO2/c1-9-3-4-11(5-13(9)15)14(18)17-7-10(2)19-12(6-16)8-17/h3-5,10,12H,6-8H2,1-2H3. The second-order valence-electron chi connectivity index (χ2n) is 4.90. The normalized spacial score (nSPS) is 23.5. The Balaban J connectivity index is 2.16. The molecule has 19 heavy (non-hydrogen) atoms. The van der Waals surface area contributed by atoms with Crippen molar-refractivity contribution in [2.45, 2.75) is 26.1 Å². The Bertz CT molecular complexity index is 481. The van der Waals surface area contributed by atoms with Gasteiger partial charge in [-0.1, -0.05) is 22.0 Å². The predicted molar refractivity (Wildman–Crippen MR) is 79.8 cm³/mol. The minimum absolute atomic E-state index is 0.0235. The minimum atomic E-state index is -0.0803. The predicted octanol–water partition coefficient (Wildman–Crippen LogP) is 3.23. The smallest absolute Gasteiger partial charge is 0.254 e. The Labute approximate surface area is 127 Å². The summed E-state index contributed by atoms with van der Waals surface area (Å²) in [6.45, 7) is 5.12. The van der Waals surface area contributed by atoms with E-state index in [4.69, 9.17) is 16.3 Å². The van der Waals surface area contributed by atoms with Gasteiger partial charge in [0.1, 0.15) is 0 Å². The maximum absolute atomic E-state index is 12.5. The summed E-state index contributed by atoms with van der Waals surface area (Å²) in [6.07, 6.45) is -0.0569. The molecule has 1 aromatic carbocycles. The van der Waals surface area contributed by atoms with Gasteiger partial charge in [0, 0.05) is 23.1 Å². The van der Waals surface area contributed by atoms with Crippen LogP contribution in [0.25, 0.3) is 0 Å². The first-order valence-electron chi connectivity index (χ1n) is 6.28. The van der Waals surface area contributed by atoms with E-state index >= 15 is 0 Å². The highest BCUT2D eigenvalue weighted by molar-refractivity contribution is 9.10. The van der Waals surface area contributed by atoms with Crippen molar-refractivity contribution < 1.29 is 9.53 Å². The van der Waals surface area contributed by atoms with E-state index in [9.17, 15) is 4.79 Å². The molecule has 0 aliphatic carbocycles. The number of hydrogen-bond donors (Lipinski definition) is 0. The van der Waals surface area contributed by atoms with E-state index < -0.39 is 0 Å². The molecule has 5 heteroatoms. The summed E-state index contributed by atoms with van der Waals surface area (Å²) < 4.78 is 6.61. The highest BCUT2D eigenvalue weighted by Gasteiger charge is 2.28. The van der Waals surface area contributed by atoms with Gasteiger partial charge in [-0.3, -0.25) is 4.79 Å². The van der Waals surface area contributed by atoms with Crippen molar-refractivity contribution in [3.8, 4) is 0 Å². The van der Waals surface area contributed by atoms with E-state index in [1.165, 1.54) is 0 Å². The van der Waals surface area contributed by atoms with Crippen LogP contribution < -0.4 is 0 Å². The van der Waals surface area contributed by atoms with Crippen molar-refractivity contribution in [3.05, 3.63) is 33.8 Å². The number of rotatable bonds is 2. The fourth-order valence-electron chi connectivity index (χ4n) is 2.20. The van der Waals surface area contributed by atoms with Crippen LogP contribution in [0.1, 0.15) is 22.8 Å². The number of nitrogens with zero attached hydrogens (tertiary/aromatic N) is 1. The highest BCUT2D eigenvalue weighted by atomic mass is 79.9. The molecule has 0 N–H and O–H groups in total. The molecule has 1 amide bonds. The first-order chi connectivity index (χ1) is 9.01. The first-order valence-corrected chi connectivity index (χ1v) is 7.61. The first kappa shape index (κ1) is 14.8. The molecule has 1 aliphatic heterocycles. The van der Waals surface area contributed by atoms with Crippen LogP contribution in [0, 0.1) is 6.92 Å². The van der Waals surface area contributed by atoms with E-state index in [0.29, 0.717) is 24.5 Å². The van der Waals surface area contributed by atoms with E-state index in [0.717, 1.165) is 10.0 Å². The maximum Gasteiger partial charge on any atom is 0.254 e. The lowest BCUT2D eigenvalue weighted by molar-refractivity contribution is -0.0570.